The second-order valence-electron chi connectivity index (χ2n) is 4.64. The zero-order valence-corrected chi connectivity index (χ0v) is 10.6. The van der Waals surface area contributed by atoms with Crippen LogP contribution >= 0.6 is 0 Å². The maximum atomic E-state index is 12.2. The Morgan fingerprint density at radius 3 is 2.65 bits per heavy atom. The summed E-state index contributed by atoms with van der Waals surface area (Å²) < 4.78 is 1.77. The second-order valence-corrected chi connectivity index (χ2v) is 4.64. The lowest BCUT2D eigenvalue weighted by Crippen LogP contribution is -2.22. The Morgan fingerprint density at radius 2 is 2.06 bits per heavy atom. The van der Waals surface area contributed by atoms with Crippen molar-refractivity contribution < 1.29 is 4.79 Å². The van der Waals surface area contributed by atoms with Gasteiger partial charge in [0.25, 0.3) is 5.91 Å². The number of nitrogens with zero attached hydrogens (tertiary/aromatic N) is 3. The standard InChI is InChI=1S/C13H17N3O/c1-9(2)12-11(13(17)15(3)4)10-7-5-6-8-16(10)14-12/h5-9H,1-4H3. The third kappa shape index (κ3) is 1.90. The maximum Gasteiger partial charge on any atom is 0.257 e. The maximum absolute atomic E-state index is 12.2. The van der Waals surface area contributed by atoms with Crippen LogP contribution in [0.4, 0.5) is 0 Å². The Labute approximate surface area is 101 Å². The summed E-state index contributed by atoms with van der Waals surface area (Å²) in [6.07, 6.45) is 1.87. The van der Waals surface area contributed by atoms with Crippen LogP contribution in [0.15, 0.2) is 24.4 Å². The van der Waals surface area contributed by atoms with Crippen LogP contribution in [-0.2, 0) is 0 Å². The van der Waals surface area contributed by atoms with Gasteiger partial charge in [0, 0.05) is 20.3 Å². The molecule has 2 rings (SSSR count). The average molecular weight is 231 g/mol. The largest absolute Gasteiger partial charge is 0.345 e. The summed E-state index contributed by atoms with van der Waals surface area (Å²) in [6, 6.07) is 5.76. The third-order valence-corrected chi connectivity index (χ3v) is 2.73. The fraction of sp³-hybridized carbons (Fsp3) is 0.385. The molecule has 4 heteroatoms. The van der Waals surface area contributed by atoms with E-state index in [2.05, 4.69) is 5.10 Å². The lowest BCUT2D eigenvalue weighted by Gasteiger charge is -2.11. The normalized spacial score (nSPS) is 11.1. The first kappa shape index (κ1) is 11.6. The molecule has 0 aromatic carbocycles. The van der Waals surface area contributed by atoms with E-state index in [0.717, 1.165) is 11.2 Å². The number of carbonyl (C=O) groups is 1. The minimum atomic E-state index is 0.00917. The minimum absolute atomic E-state index is 0.00917. The Morgan fingerprint density at radius 1 is 1.35 bits per heavy atom. The van der Waals surface area contributed by atoms with Crippen molar-refractivity contribution in [3.05, 3.63) is 35.7 Å². The van der Waals surface area contributed by atoms with Crippen molar-refractivity contribution in [3.63, 3.8) is 0 Å². The van der Waals surface area contributed by atoms with Crippen LogP contribution in [0.2, 0.25) is 0 Å². The highest BCUT2D eigenvalue weighted by molar-refractivity contribution is 6.01. The first-order valence-electron chi connectivity index (χ1n) is 5.71. The summed E-state index contributed by atoms with van der Waals surface area (Å²) in [5, 5.41) is 4.48. The van der Waals surface area contributed by atoms with E-state index in [1.807, 2.05) is 38.2 Å². The lowest BCUT2D eigenvalue weighted by atomic mass is 10.0. The highest BCUT2D eigenvalue weighted by Gasteiger charge is 2.22. The topological polar surface area (TPSA) is 37.6 Å². The van der Waals surface area contributed by atoms with Gasteiger partial charge in [-0.15, -0.1) is 0 Å². The van der Waals surface area contributed by atoms with Crippen LogP contribution < -0.4 is 0 Å². The number of hydrogen-bond acceptors (Lipinski definition) is 2. The predicted molar refractivity (Wildman–Crippen MR) is 67.3 cm³/mol. The van der Waals surface area contributed by atoms with Gasteiger partial charge in [0.05, 0.1) is 16.8 Å². The predicted octanol–water partition coefficient (Wildman–Crippen LogP) is 2.16. The number of hydrogen-bond donors (Lipinski definition) is 0. The molecule has 0 spiro atoms. The molecule has 0 bridgehead atoms. The van der Waals surface area contributed by atoms with E-state index in [9.17, 15) is 4.79 Å². The van der Waals surface area contributed by atoms with E-state index in [1.165, 1.54) is 0 Å². The summed E-state index contributed by atoms with van der Waals surface area (Å²) in [5.74, 6) is 0.240. The SMILES string of the molecule is CC(C)c1nn2ccccc2c1C(=O)N(C)C. The number of pyridine rings is 1. The number of rotatable bonds is 2. The van der Waals surface area contributed by atoms with Gasteiger partial charge < -0.3 is 4.90 Å². The first-order chi connectivity index (χ1) is 8.02. The van der Waals surface area contributed by atoms with Gasteiger partial charge in [-0.25, -0.2) is 4.52 Å². The average Bonchev–Trinajstić information content (AvgIpc) is 2.67. The monoisotopic (exact) mass is 231 g/mol. The summed E-state index contributed by atoms with van der Waals surface area (Å²) in [4.78, 5) is 13.8. The lowest BCUT2D eigenvalue weighted by molar-refractivity contribution is 0.0828. The van der Waals surface area contributed by atoms with Crippen molar-refractivity contribution >= 4 is 11.4 Å². The molecule has 0 unspecified atom stereocenters. The van der Waals surface area contributed by atoms with Crippen LogP contribution in [0.5, 0.6) is 0 Å². The minimum Gasteiger partial charge on any atom is -0.345 e. The molecule has 2 aromatic rings. The van der Waals surface area contributed by atoms with Gasteiger partial charge >= 0.3 is 0 Å². The highest BCUT2D eigenvalue weighted by Crippen LogP contribution is 2.23. The van der Waals surface area contributed by atoms with Crippen molar-refractivity contribution in [3.8, 4) is 0 Å². The Balaban J connectivity index is 2.72. The molecule has 0 aliphatic rings. The molecule has 0 fully saturated rings. The van der Waals surface area contributed by atoms with Gasteiger partial charge in [-0.2, -0.15) is 5.10 Å². The van der Waals surface area contributed by atoms with Crippen molar-refractivity contribution in [1.82, 2.24) is 14.5 Å². The zero-order chi connectivity index (χ0) is 12.6. The molecule has 0 atom stereocenters. The Bertz CT molecular complexity index is 555. The van der Waals surface area contributed by atoms with Gasteiger partial charge in [-0.05, 0) is 18.1 Å². The fourth-order valence-corrected chi connectivity index (χ4v) is 1.86. The van der Waals surface area contributed by atoms with Crippen molar-refractivity contribution in [1.29, 1.82) is 0 Å². The van der Waals surface area contributed by atoms with Crippen LogP contribution in [0.1, 0.15) is 35.8 Å². The molecule has 0 N–H and O–H groups in total. The summed E-state index contributed by atoms with van der Waals surface area (Å²) in [5.41, 5.74) is 2.44. The molecule has 17 heavy (non-hydrogen) atoms. The Hall–Kier alpha value is -1.84. The molecular formula is C13H17N3O. The molecule has 2 heterocycles. The number of fused-ring (bicyclic) bond motifs is 1. The highest BCUT2D eigenvalue weighted by atomic mass is 16.2. The molecule has 0 saturated carbocycles. The van der Waals surface area contributed by atoms with Crippen LogP contribution in [0.3, 0.4) is 0 Å². The summed E-state index contributed by atoms with van der Waals surface area (Å²) in [7, 11) is 3.53. The van der Waals surface area contributed by atoms with Gasteiger partial charge in [0.15, 0.2) is 0 Å². The number of aromatic nitrogens is 2. The molecule has 0 aliphatic heterocycles. The molecule has 90 valence electrons. The van der Waals surface area contributed by atoms with Gasteiger partial charge in [-0.1, -0.05) is 19.9 Å². The smallest absolute Gasteiger partial charge is 0.257 e. The molecule has 0 aliphatic carbocycles. The van der Waals surface area contributed by atoms with Crippen LogP contribution in [0, 0.1) is 0 Å². The van der Waals surface area contributed by atoms with E-state index in [-0.39, 0.29) is 11.8 Å². The van der Waals surface area contributed by atoms with Crippen molar-refractivity contribution in [2.45, 2.75) is 19.8 Å². The number of amides is 1. The van der Waals surface area contributed by atoms with Crippen LogP contribution in [0.25, 0.3) is 5.52 Å². The fourth-order valence-electron chi connectivity index (χ4n) is 1.86. The van der Waals surface area contributed by atoms with Gasteiger partial charge in [0.2, 0.25) is 0 Å². The van der Waals surface area contributed by atoms with E-state index in [1.54, 1.807) is 23.5 Å². The first-order valence-corrected chi connectivity index (χ1v) is 5.71. The van der Waals surface area contributed by atoms with Gasteiger partial charge in [0.1, 0.15) is 0 Å². The molecule has 4 nitrogen and oxygen atoms in total. The molecule has 1 amide bonds. The second kappa shape index (κ2) is 4.20. The summed E-state index contributed by atoms with van der Waals surface area (Å²) >= 11 is 0. The number of carbonyl (C=O) groups excluding carboxylic acids is 1. The van der Waals surface area contributed by atoms with Gasteiger partial charge in [-0.3, -0.25) is 4.79 Å². The molecule has 2 aromatic heterocycles. The quantitative estimate of drug-likeness (QED) is 0.794. The summed E-state index contributed by atoms with van der Waals surface area (Å²) in [6.45, 7) is 4.10. The molecular weight excluding hydrogens is 214 g/mol. The van der Waals surface area contributed by atoms with E-state index < -0.39 is 0 Å². The van der Waals surface area contributed by atoms with Crippen LogP contribution in [-0.4, -0.2) is 34.5 Å². The van der Waals surface area contributed by atoms with E-state index >= 15 is 0 Å². The van der Waals surface area contributed by atoms with E-state index in [4.69, 9.17) is 0 Å². The Kier molecular flexibility index (Phi) is 2.88. The van der Waals surface area contributed by atoms with Crippen molar-refractivity contribution in [2.24, 2.45) is 0 Å². The van der Waals surface area contributed by atoms with Crippen molar-refractivity contribution in [2.75, 3.05) is 14.1 Å². The zero-order valence-electron chi connectivity index (χ0n) is 10.6. The third-order valence-electron chi connectivity index (χ3n) is 2.73. The molecule has 0 saturated heterocycles. The van der Waals surface area contributed by atoms with E-state index in [0.29, 0.717) is 5.56 Å². The molecule has 0 radical (unpaired) electrons.